The highest BCUT2D eigenvalue weighted by atomic mass is 19.1. The molecule has 4 N–H and O–H groups in total. The molecule has 2 aromatic carbocycles. The predicted molar refractivity (Wildman–Crippen MR) is 71.8 cm³/mol. The van der Waals surface area contributed by atoms with Crippen molar-refractivity contribution in [2.75, 3.05) is 5.43 Å². The minimum absolute atomic E-state index is 0.0794. The molecule has 4 nitrogen and oxygen atoms in total. The maximum atomic E-state index is 13.5. The van der Waals surface area contributed by atoms with Gasteiger partial charge in [-0.25, -0.2) is 8.78 Å². The molecule has 0 atom stereocenters. The van der Waals surface area contributed by atoms with Crippen LogP contribution in [-0.4, -0.2) is 5.91 Å². The molecule has 0 bridgehead atoms. The summed E-state index contributed by atoms with van der Waals surface area (Å²) in [5, 5.41) is 2.58. The zero-order chi connectivity index (χ0) is 14.5. The highest BCUT2D eigenvalue weighted by molar-refractivity contribution is 5.99. The van der Waals surface area contributed by atoms with Crippen molar-refractivity contribution in [2.45, 2.75) is 6.54 Å². The summed E-state index contributed by atoms with van der Waals surface area (Å²) in [4.78, 5) is 12.0. The van der Waals surface area contributed by atoms with Gasteiger partial charge in [0.15, 0.2) is 0 Å². The lowest BCUT2D eigenvalue weighted by Crippen LogP contribution is -2.25. The van der Waals surface area contributed by atoms with Gasteiger partial charge in [0.1, 0.15) is 11.6 Å². The monoisotopic (exact) mass is 277 g/mol. The number of halogens is 2. The van der Waals surface area contributed by atoms with E-state index in [2.05, 4.69) is 10.7 Å². The second kappa shape index (κ2) is 6.12. The highest BCUT2D eigenvalue weighted by Crippen LogP contribution is 2.18. The summed E-state index contributed by atoms with van der Waals surface area (Å²) in [5.74, 6) is 3.70. The number of nitrogens with one attached hydrogen (secondary N) is 2. The van der Waals surface area contributed by atoms with Gasteiger partial charge in [0, 0.05) is 6.54 Å². The van der Waals surface area contributed by atoms with Gasteiger partial charge < -0.3 is 10.7 Å². The van der Waals surface area contributed by atoms with Crippen molar-refractivity contribution in [3.8, 4) is 0 Å². The second-order valence-electron chi connectivity index (χ2n) is 4.12. The first kappa shape index (κ1) is 14.0. The Balaban J connectivity index is 2.11. The fourth-order valence-electron chi connectivity index (χ4n) is 1.78. The molecule has 104 valence electrons. The number of hydrazine groups is 1. The number of hydrogen-bond acceptors (Lipinski definition) is 3. The molecular weight excluding hydrogens is 264 g/mol. The van der Waals surface area contributed by atoms with Crippen molar-refractivity contribution < 1.29 is 13.6 Å². The zero-order valence-electron chi connectivity index (χ0n) is 10.5. The number of para-hydroxylation sites is 1. The van der Waals surface area contributed by atoms with Gasteiger partial charge in [0.05, 0.1) is 11.3 Å². The van der Waals surface area contributed by atoms with Gasteiger partial charge in [-0.1, -0.05) is 18.2 Å². The average molecular weight is 277 g/mol. The second-order valence-corrected chi connectivity index (χ2v) is 4.12. The van der Waals surface area contributed by atoms with Gasteiger partial charge in [0.25, 0.3) is 5.91 Å². The Morgan fingerprint density at radius 2 is 1.90 bits per heavy atom. The average Bonchev–Trinajstić information content (AvgIpc) is 2.44. The molecule has 1 amide bonds. The smallest absolute Gasteiger partial charge is 0.253 e. The van der Waals surface area contributed by atoms with Gasteiger partial charge >= 0.3 is 0 Å². The van der Waals surface area contributed by atoms with E-state index < -0.39 is 11.7 Å². The zero-order valence-corrected chi connectivity index (χ0v) is 10.5. The van der Waals surface area contributed by atoms with Crippen LogP contribution in [0.15, 0.2) is 42.5 Å². The maximum Gasteiger partial charge on any atom is 0.253 e. The minimum atomic E-state index is -0.620. The van der Waals surface area contributed by atoms with Crippen LogP contribution in [0.25, 0.3) is 0 Å². The van der Waals surface area contributed by atoms with Crippen molar-refractivity contribution in [3.63, 3.8) is 0 Å². The van der Waals surface area contributed by atoms with Gasteiger partial charge in [-0.2, -0.15) is 0 Å². The van der Waals surface area contributed by atoms with Gasteiger partial charge in [-0.15, -0.1) is 0 Å². The van der Waals surface area contributed by atoms with E-state index in [0.717, 1.165) is 0 Å². The number of nitrogen functional groups attached to an aromatic ring is 1. The van der Waals surface area contributed by atoms with Crippen LogP contribution in [0.2, 0.25) is 0 Å². The van der Waals surface area contributed by atoms with Crippen LogP contribution in [0.1, 0.15) is 15.9 Å². The van der Waals surface area contributed by atoms with E-state index in [1.807, 2.05) is 0 Å². The molecule has 0 saturated carbocycles. The number of rotatable bonds is 4. The van der Waals surface area contributed by atoms with E-state index in [9.17, 15) is 13.6 Å². The molecule has 0 radical (unpaired) electrons. The molecular formula is C14H13F2N3O. The molecule has 0 unspecified atom stereocenters. The van der Waals surface area contributed by atoms with Crippen molar-refractivity contribution in [1.82, 2.24) is 5.32 Å². The largest absolute Gasteiger partial charge is 0.348 e. The summed E-state index contributed by atoms with van der Waals surface area (Å²) in [6.07, 6.45) is 0. The Labute approximate surface area is 114 Å². The summed E-state index contributed by atoms with van der Waals surface area (Å²) in [6, 6.07) is 9.90. The highest BCUT2D eigenvalue weighted by Gasteiger charge is 2.14. The fourth-order valence-corrected chi connectivity index (χ4v) is 1.78. The van der Waals surface area contributed by atoms with Gasteiger partial charge in [0.2, 0.25) is 0 Å². The fraction of sp³-hybridized carbons (Fsp3) is 0.0714. The summed E-state index contributed by atoms with van der Waals surface area (Å²) in [7, 11) is 0. The number of benzene rings is 2. The third-order valence-electron chi connectivity index (χ3n) is 2.74. The molecule has 0 saturated heterocycles. The summed E-state index contributed by atoms with van der Waals surface area (Å²) in [6.45, 7) is 0.136. The summed E-state index contributed by atoms with van der Waals surface area (Å²) >= 11 is 0. The van der Waals surface area contributed by atoms with E-state index in [1.54, 1.807) is 12.1 Å². The van der Waals surface area contributed by atoms with Crippen molar-refractivity contribution in [1.29, 1.82) is 0 Å². The first-order valence-corrected chi connectivity index (χ1v) is 5.89. The van der Waals surface area contributed by atoms with E-state index in [1.165, 1.54) is 30.3 Å². The molecule has 20 heavy (non-hydrogen) atoms. The Morgan fingerprint density at radius 3 is 2.60 bits per heavy atom. The van der Waals surface area contributed by atoms with Gasteiger partial charge in [-0.05, 0) is 29.8 Å². The van der Waals surface area contributed by atoms with Gasteiger partial charge in [-0.3, -0.25) is 10.6 Å². The molecule has 0 aliphatic rings. The predicted octanol–water partition coefficient (Wildman–Crippen LogP) is 2.18. The van der Waals surface area contributed by atoms with E-state index in [-0.39, 0.29) is 23.6 Å². The lowest BCUT2D eigenvalue weighted by molar-refractivity contribution is 0.0951. The molecule has 2 rings (SSSR count). The number of carbonyl (C=O) groups excluding carboxylic acids is 1. The SMILES string of the molecule is NNc1c(F)cccc1C(=O)NCc1cccc(F)c1. The molecule has 0 aliphatic heterocycles. The van der Waals surface area contributed by atoms with Crippen LogP contribution in [0.5, 0.6) is 0 Å². The third-order valence-corrected chi connectivity index (χ3v) is 2.74. The Kier molecular flexibility index (Phi) is 4.27. The van der Waals surface area contributed by atoms with E-state index in [4.69, 9.17) is 5.84 Å². The molecule has 0 aliphatic carbocycles. The lowest BCUT2D eigenvalue weighted by Gasteiger charge is -2.10. The Bertz CT molecular complexity index is 632. The van der Waals surface area contributed by atoms with Crippen LogP contribution in [0.4, 0.5) is 14.5 Å². The third kappa shape index (κ3) is 3.10. The van der Waals surface area contributed by atoms with Crippen LogP contribution in [0, 0.1) is 11.6 Å². The lowest BCUT2D eigenvalue weighted by atomic mass is 10.1. The standard InChI is InChI=1S/C14H13F2N3O/c15-10-4-1-3-9(7-10)8-18-14(20)11-5-2-6-12(16)13(11)19-17/h1-7,19H,8,17H2,(H,18,20). The summed E-state index contributed by atoms with van der Waals surface area (Å²) in [5.41, 5.74) is 2.77. The van der Waals surface area contributed by atoms with Crippen molar-refractivity contribution >= 4 is 11.6 Å². The van der Waals surface area contributed by atoms with Crippen molar-refractivity contribution in [2.24, 2.45) is 5.84 Å². The number of carbonyl (C=O) groups is 1. The molecule has 0 fully saturated rings. The van der Waals surface area contributed by atoms with Crippen LogP contribution >= 0.6 is 0 Å². The molecule has 0 spiro atoms. The number of nitrogens with two attached hydrogens (primary N) is 1. The van der Waals surface area contributed by atoms with Crippen LogP contribution in [0.3, 0.4) is 0 Å². The van der Waals surface area contributed by atoms with Crippen LogP contribution < -0.4 is 16.6 Å². The minimum Gasteiger partial charge on any atom is -0.348 e. The molecule has 0 heterocycles. The topological polar surface area (TPSA) is 67.1 Å². The number of amides is 1. The first-order valence-electron chi connectivity index (χ1n) is 5.89. The van der Waals surface area contributed by atoms with Crippen LogP contribution in [-0.2, 0) is 6.54 Å². The molecule has 0 aromatic heterocycles. The van der Waals surface area contributed by atoms with E-state index >= 15 is 0 Å². The van der Waals surface area contributed by atoms with Crippen molar-refractivity contribution in [3.05, 3.63) is 65.2 Å². The Hall–Kier alpha value is -2.47. The number of hydrogen-bond donors (Lipinski definition) is 3. The molecule has 6 heteroatoms. The maximum absolute atomic E-state index is 13.5. The van der Waals surface area contributed by atoms with E-state index in [0.29, 0.717) is 5.56 Å². The Morgan fingerprint density at radius 1 is 1.15 bits per heavy atom. The number of anilines is 1. The summed E-state index contributed by atoms with van der Waals surface area (Å²) < 4.78 is 26.5. The normalized spacial score (nSPS) is 10.2. The quantitative estimate of drug-likeness (QED) is 0.592. The molecule has 2 aromatic rings. The first-order chi connectivity index (χ1) is 9.61.